The van der Waals surface area contributed by atoms with Crippen molar-refractivity contribution >= 4 is 26.0 Å². The van der Waals surface area contributed by atoms with E-state index in [4.69, 9.17) is 9.29 Å². The third kappa shape index (κ3) is 2.56. The molecule has 1 N–H and O–H groups in total. The first kappa shape index (κ1) is 11.9. The average Bonchev–Trinajstić information content (AvgIpc) is 2.35. The number of hydrogen-bond acceptors (Lipinski definition) is 3. The Morgan fingerprint density at radius 1 is 1.56 bits per heavy atom. The van der Waals surface area contributed by atoms with Crippen LogP contribution in [0.5, 0.6) is 5.75 Å². The minimum atomic E-state index is -4.03. The maximum Gasteiger partial charge on any atom is 0.268 e. The summed E-state index contributed by atoms with van der Waals surface area (Å²) in [7, 11) is -4.03. The van der Waals surface area contributed by atoms with Gasteiger partial charge in [-0.1, -0.05) is 15.9 Å². The second kappa shape index (κ2) is 3.72. The molecule has 4 nitrogen and oxygen atoms in total. The van der Waals surface area contributed by atoms with Crippen LogP contribution in [-0.4, -0.2) is 24.3 Å². The van der Waals surface area contributed by atoms with Gasteiger partial charge in [0.05, 0.1) is 0 Å². The summed E-state index contributed by atoms with van der Waals surface area (Å²) in [5.74, 6) is 0.279. The molecule has 0 saturated carbocycles. The van der Waals surface area contributed by atoms with Crippen molar-refractivity contribution < 1.29 is 17.7 Å². The van der Waals surface area contributed by atoms with Gasteiger partial charge in [0, 0.05) is 10.9 Å². The van der Waals surface area contributed by atoms with Crippen LogP contribution < -0.4 is 4.74 Å². The Labute approximate surface area is 102 Å². The lowest BCUT2D eigenvalue weighted by molar-refractivity contribution is 0.139. The maximum atomic E-state index is 10.9. The van der Waals surface area contributed by atoms with Crippen LogP contribution in [0.25, 0.3) is 0 Å². The van der Waals surface area contributed by atoms with E-state index in [0.29, 0.717) is 12.2 Å². The molecule has 1 aromatic carbocycles. The van der Waals surface area contributed by atoms with Crippen LogP contribution in [0.4, 0.5) is 0 Å². The molecular weight excluding hydrogens is 296 g/mol. The fourth-order valence-electron chi connectivity index (χ4n) is 1.96. The Morgan fingerprint density at radius 2 is 2.25 bits per heavy atom. The van der Waals surface area contributed by atoms with Crippen LogP contribution in [0.1, 0.15) is 12.5 Å². The van der Waals surface area contributed by atoms with E-state index in [1.54, 1.807) is 13.0 Å². The van der Waals surface area contributed by atoms with Gasteiger partial charge in [-0.05, 0) is 30.7 Å². The van der Waals surface area contributed by atoms with E-state index in [1.807, 2.05) is 12.1 Å². The molecule has 1 heterocycles. The SMILES string of the molecule is CC1(CS(=O)(=O)O)Cc2cc(Br)ccc2O1. The highest BCUT2D eigenvalue weighted by Crippen LogP contribution is 2.37. The molecule has 2 rings (SSSR count). The van der Waals surface area contributed by atoms with Gasteiger partial charge in [0.25, 0.3) is 10.1 Å². The molecule has 1 aromatic rings. The van der Waals surface area contributed by atoms with Crippen LogP contribution in [0.2, 0.25) is 0 Å². The predicted octanol–water partition coefficient (Wildman–Crippen LogP) is 2.03. The first-order valence-corrected chi connectivity index (χ1v) is 7.10. The van der Waals surface area contributed by atoms with Gasteiger partial charge in [0.1, 0.15) is 17.1 Å². The van der Waals surface area contributed by atoms with Crippen LogP contribution in [-0.2, 0) is 16.5 Å². The quantitative estimate of drug-likeness (QED) is 0.849. The number of halogens is 1. The second-order valence-corrected chi connectivity index (χ2v) is 6.58. The summed E-state index contributed by atoms with van der Waals surface area (Å²) in [6.07, 6.45) is 0.474. The predicted molar refractivity (Wildman–Crippen MR) is 63.3 cm³/mol. The van der Waals surface area contributed by atoms with Gasteiger partial charge in [0.15, 0.2) is 0 Å². The van der Waals surface area contributed by atoms with Crippen molar-refractivity contribution in [2.24, 2.45) is 0 Å². The Balaban J connectivity index is 2.28. The molecule has 0 bridgehead atoms. The molecule has 88 valence electrons. The van der Waals surface area contributed by atoms with Gasteiger partial charge < -0.3 is 4.74 Å². The van der Waals surface area contributed by atoms with E-state index >= 15 is 0 Å². The number of ether oxygens (including phenoxy) is 1. The smallest absolute Gasteiger partial charge is 0.268 e. The standard InChI is InChI=1S/C10H11BrO4S/c1-10(6-16(12,13)14)5-7-4-8(11)2-3-9(7)15-10/h2-4H,5-6H2,1H3,(H,12,13,14). The lowest BCUT2D eigenvalue weighted by Gasteiger charge is -2.21. The average molecular weight is 307 g/mol. The molecule has 1 unspecified atom stereocenters. The first-order chi connectivity index (χ1) is 7.27. The molecule has 0 fully saturated rings. The summed E-state index contributed by atoms with van der Waals surface area (Å²) in [6, 6.07) is 5.51. The molecule has 1 aliphatic rings. The number of hydrogen-bond donors (Lipinski definition) is 1. The van der Waals surface area contributed by atoms with E-state index in [9.17, 15) is 8.42 Å². The molecule has 6 heteroatoms. The van der Waals surface area contributed by atoms with E-state index in [2.05, 4.69) is 15.9 Å². The lowest BCUT2D eigenvalue weighted by atomic mass is 10.0. The van der Waals surface area contributed by atoms with E-state index in [0.717, 1.165) is 10.0 Å². The van der Waals surface area contributed by atoms with Gasteiger partial charge in [0.2, 0.25) is 0 Å². The normalized spacial score (nSPS) is 23.9. The topological polar surface area (TPSA) is 63.6 Å². The zero-order chi connectivity index (χ0) is 12.0. The lowest BCUT2D eigenvalue weighted by Crippen LogP contribution is -2.38. The molecule has 0 radical (unpaired) electrons. The zero-order valence-corrected chi connectivity index (χ0v) is 11.0. The first-order valence-electron chi connectivity index (χ1n) is 4.70. The molecule has 16 heavy (non-hydrogen) atoms. The second-order valence-electron chi connectivity index (χ2n) is 4.21. The van der Waals surface area contributed by atoms with Crippen molar-refractivity contribution in [1.82, 2.24) is 0 Å². The van der Waals surface area contributed by atoms with Crippen molar-refractivity contribution in [1.29, 1.82) is 0 Å². The Hall–Kier alpha value is -0.590. The minimum Gasteiger partial charge on any atom is -0.486 e. The molecule has 0 saturated heterocycles. The Morgan fingerprint density at radius 3 is 2.88 bits per heavy atom. The van der Waals surface area contributed by atoms with Crippen molar-refractivity contribution in [3.05, 3.63) is 28.2 Å². The third-order valence-electron chi connectivity index (χ3n) is 2.43. The molecular formula is C10H11BrO4S. The van der Waals surface area contributed by atoms with E-state index in [1.165, 1.54) is 0 Å². The van der Waals surface area contributed by atoms with Crippen molar-refractivity contribution in [2.75, 3.05) is 5.75 Å². The molecule has 1 aliphatic heterocycles. The van der Waals surface area contributed by atoms with Gasteiger partial charge in [-0.25, -0.2) is 0 Å². The van der Waals surface area contributed by atoms with Gasteiger partial charge in [-0.3, -0.25) is 4.55 Å². The maximum absolute atomic E-state index is 10.9. The van der Waals surface area contributed by atoms with Crippen molar-refractivity contribution in [2.45, 2.75) is 18.9 Å². The monoisotopic (exact) mass is 306 g/mol. The van der Waals surface area contributed by atoms with Crippen molar-refractivity contribution in [3.63, 3.8) is 0 Å². The van der Waals surface area contributed by atoms with Crippen molar-refractivity contribution in [3.8, 4) is 5.75 Å². The highest BCUT2D eigenvalue weighted by molar-refractivity contribution is 9.10. The molecule has 0 aliphatic carbocycles. The number of rotatable bonds is 2. The molecule has 1 atom stereocenters. The largest absolute Gasteiger partial charge is 0.486 e. The van der Waals surface area contributed by atoms with Gasteiger partial charge >= 0.3 is 0 Å². The fraction of sp³-hybridized carbons (Fsp3) is 0.400. The molecule has 0 aromatic heterocycles. The third-order valence-corrected chi connectivity index (χ3v) is 3.90. The van der Waals surface area contributed by atoms with Crippen LogP contribution in [0, 0.1) is 0 Å². The Kier molecular flexibility index (Phi) is 2.76. The van der Waals surface area contributed by atoms with Crippen LogP contribution in [0.3, 0.4) is 0 Å². The summed E-state index contributed by atoms with van der Waals surface area (Å²) in [5.41, 5.74) is 0.0667. The van der Waals surface area contributed by atoms with Crippen LogP contribution in [0.15, 0.2) is 22.7 Å². The summed E-state index contributed by atoms with van der Waals surface area (Å²) in [5, 5.41) is 0. The Bertz CT molecular complexity index is 526. The van der Waals surface area contributed by atoms with Gasteiger partial charge in [-0.15, -0.1) is 0 Å². The highest BCUT2D eigenvalue weighted by atomic mass is 79.9. The summed E-state index contributed by atoms with van der Waals surface area (Å²) >= 11 is 3.34. The number of benzene rings is 1. The molecule has 0 spiro atoms. The van der Waals surface area contributed by atoms with Gasteiger partial charge in [-0.2, -0.15) is 8.42 Å². The van der Waals surface area contributed by atoms with E-state index in [-0.39, 0.29) is 0 Å². The fourth-order valence-corrected chi connectivity index (χ4v) is 3.30. The summed E-state index contributed by atoms with van der Waals surface area (Å²) < 4.78 is 37.1. The van der Waals surface area contributed by atoms with E-state index < -0.39 is 21.5 Å². The highest BCUT2D eigenvalue weighted by Gasteiger charge is 2.38. The number of fused-ring (bicyclic) bond motifs is 1. The van der Waals surface area contributed by atoms with Crippen LogP contribution >= 0.6 is 15.9 Å². The summed E-state index contributed by atoms with van der Waals surface area (Å²) in [4.78, 5) is 0. The zero-order valence-electron chi connectivity index (χ0n) is 8.60. The summed E-state index contributed by atoms with van der Waals surface area (Å²) in [6.45, 7) is 1.68. The molecule has 0 amide bonds. The minimum absolute atomic E-state index is 0.397.